The minimum atomic E-state index is -0.359. The van der Waals surface area contributed by atoms with Crippen LogP contribution in [0.2, 0.25) is 0 Å². The lowest BCUT2D eigenvalue weighted by atomic mass is 9.98. The molecule has 1 aliphatic rings. The summed E-state index contributed by atoms with van der Waals surface area (Å²) in [6.45, 7) is 0. The first-order chi connectivity index (χ1) is 11.3. The number of hydrazone groups is 1. The summed E-state index contributed by atoms with van der Waals surface area (Å²) >= 11 is 0. The molecular weight excluding hydrogens is 290 g/mol. The van der Waals surface area contributed by atoms with E-state index in [9.17, 15) is 4.79 Å². The fourth-order valence-corrected chi connectivity index (χ4v) is 2.16. The van der Waals surface area contributed by atoms with Gasteiger partial charge in [0.25, 0.3) is 0 Å². The van der Waals surface area contributed by atoms with Gasteiger partial charge in [0.2, 0.25) is 0 Å². The number of rotatable bonds is 2. The molecule has 0 saturated carbocycles. The summed E-state index contributed by atoms with van der Waals surface area (Å²) in [6.07, 6.45) is 7.77. The van der Waals surface area contributed by atoms with Crippen molar-refractivity contribution >= 4 is 11.6 Å². The smallest absolute Gasteiger partial charge is 0.307 e. The van der Waals surface area contributed by atoms with Crippen molar-refractivity contribution in [3.8, 4) is 11.8 Å². The molecule has 5 heteroatoms. The van der Waals surface area contributed by atoms with Gasteiger partial charge in [-0.1, -0.05) is 12.0 Å². The van der Waals surface area contributed by atoms with Crippen LogP contribution in [0.25, 0.3) is 0 Å². The molecule has 3 rings (SSSR count). The molecule has 2 heterocycles. The lowest BCUT2D eigenvalue weighted by Crippen LogP contribution is -2.19. The number of carbonyl (C=O) groups excluding carboxylic acids is 1. The molecule has 1 amide bonds. The summed E-state index contributed by atoms with van der Waals surface area (Å²) in [6, 6.07) is 8.89. The van der Waals surface area contributed by atoms with E-state index in [0.29, 0.717) is 0 Å². The monoisotopic (exact) mass is 305 g/mol. The van der Waals surface area contributed by atoms with Crippen molar-refractivity contribution in [1.29, 1.82) is 0 Å². The van der Waals surface area contributed by atoms with Gasteiger partial charge < -0.3 is 4.42 Å². The molecule has 114 valence electrons. The van der Waals surface area contributed by atoms with Crippen molar-refractivity contribution in [2.75, 3.05) is 0 Å². The second-order valence-electron chi connectivity index (χ2n) is 5.01. The number of hydrogen-bond donors (Lipinski definition) is 1. The lowest BCUT2D eigenvalue weighted by molar-refractivity contribution is 0.0927. The van der Waals surface area contributed by atoms with Crippen LogP contribution in [0.3, 0.4) is 0 Å². The number of nitrogens with one attached hydrogen (secondary N) is 1. The Morgan fingerprint density at radius 2 is 2.17 bits per heavy atom. The molecule has 23 heavy (non-hydrogen) atoms. The Bertz CT molecular complexity index is 794. The van der Waals surface area contributed by atoms with Gasteiger partial charge in [0.15, 0.2) is 5.76 Å². The third-order valence-corrected chi connectivity index (χ3v) is 3.28. The lowest BCUT2D eigenvalue weighted by Gasteiger charge is -2.09. The zero-order valence-electron chi connectivity index (χ0n) is 12.5. The highest BCUT2D eigenvalue weighted by Gasteiger charge is 2.10. The topological polar surface area (TPSA) is 67.5 Å². The molecule has 0 bridgehead atoms. The molecule has 0 aromatic carbocycles. The quantitative estimate of drug-likeness (QED) is 0.685. The van der Waals surface area contributed by atoms with E-state index in [4.69, 9.17) is 4.42 Å². The molecule has 2 aromatic rings. The maximum absolute atomic E-state index is 11.8. The fraction of sp³-hybridized carbons (Fsp3) is 0.167. The van der Waals surface area contributed by atoms with Gasteiger partial charge in [0.05, 0.1) is 12.0 Å². The summed E-state index contributed by atoms with van der Waals surface area (Å²) in [4.78, 5) is 15.9. The van der Waals surface area contributed by atoms with Crippen molar-refractivity contribution < 1.29 is 9.21 Å². The van der Waals surface area contributed by atoms with E-state index in [0.717, 1.165) is 36.2 Å². The average Bonchev–Trinajstić information content (AvgIpc) is 3.14. The normalized spacial score (nSPS) is 15.5. The second-order valence-corrected chi connectivity index (χ2v) is 5.01. The Morgan fingerprint density at radius 3 is 2.96 bits per heavy atom. The van der Waals surface area contributed by atoms with Crippen LogP contribution in [0, 0.1) is 11.8 Å². The van der Waals surface area contributed by atoms with E-state index in [-0.39, 0.29) is 11.7 Å². The Kier molecular flexibility index (Phi) is 4.65. The number of amides is 1. The Hall–Kier alpha value is -3.13. The molecular formula is C18H15N3O2. The van der Waals surface area contributed by atoms with Gasteiger partial charge in [-0.3, -0.25) is 4.79 Å². The number of nitrogens with zero attached hydrogens (tertiary/aromatic N) is 2. The van der Waals surface area contributed by atoms with Crippen LogP contribution in [0.5, 0.6) is 0 Å². The van der Waals surface area contributed by atoms with E-state index >= 15 is 0 Å². The van der Waals surface area contributed by atoms with Crippen LogP contribution < -0.4 is 5.43 Å². The zero-order chi connectivity index (χ0) is 15.9. The van der Waals surface area contributed by atoms with Gasteiger partial charge in [0.1, 0.15) is 5.69 Å². The molecule has 5 nitrogen and oxygen atoms in total. The third kappa shape index (κ3) is 4.17. The maximum Gasteiger partial charge on any atom is 0.307 e. The molecule has 0 radical (unpaired) electrons. The van der Waals surface area contributed by atoms with Crippen molar-refractivity contribution in [2.45, 2.75) is 19.3 Å². The van der Waals surface area contributed by atoms with E-state index < -0.39 is 0 Å². The highest BCUT2D eigenvalue weighted by molar-refractivity contribution is 5.99. The Labute approximate surface area is 134 Å². The van der Waals surface area contributed by atoms with Crippen LogP contribution in [0.15, 0.2) is 64.0 Å². The summed E-state index contributed by atoms with van der Waals surface area (Å²) < 4.78 is 5.02. The van der Waals surface area contributed by atoms with Crippen LogP contribution in [0.4, 0.5) is 0 Å². The Balaban J connectivity index is 1.68. The molecule has 0 spiro atoms. The van der Waals surface area contributed by atoms with Gasteiger partial charge in [0, 0.05) is 11.8 Å². The zero-order valence-corrected chi connectivity index (χ0v) is 12.5. The van der Waals surface area contributed by atoms with Crippen LogP contribution in [-0.4, -0.2) is 16.6 Å². The molecule has 0 aliphatic heterocycles. The van der Waals surface area contributed by atoms with Crippen molar-refractivity contribution in [3.05, 3.63) is 65.9 Å². The van der Waals surface area contributed by atoms with Crippen molar-refractivity contribution in [3.63, 3.8) is 0 Å². The van der Waals surface area contributed by atoms with Gasteiger partial charge >= 0.3 is 5.91 Å². The predicted molar refractivity (Wildman–Crippen MR) is 86.7 cm³/mol. The first kappa shape index (κ1) is 14.8. The van der Waals surface area contributed by atoms with Crippen LogP contribution >= 0.6 is 0 Å². The highest BCUT2D eigenvalue weighted by Crippen LogP contribution is 2.15. The minimum Gasteiger partial charge on any atom is -0.459 e. The number of pyridine rings is 1. The number of furan rings is 1. The first-order valence-corrected chi connectivity index (χ1v) is 7.35. The summed E-state index contributed by atoms with van der Waals surface area (Å²) in [5.74, 6) is 6.04. The fourth-order valence-electron chi connectivity index (χ4n) is 2.16. The molecule has 0 fully saturated rings. The van der Waals surface area contributed by atoms with E-state index in [1.807, 2.05) is 24.3 Å². The molecule has 0 unspecified atom stereocenters. The standard InChI is InChI=1S/C18H15N3O2/c22-18(17-8-4-12-23-17)21-20-16-7-3-5-14(13-16)9-10-15-6-1-2-11-19-15/h1-2,4,6,8,11-13H,3,5,7H2,(H,21,22). The van der Waals surface area contributed by atoms with E-state index in [1.165, 1.54) is 6.26 Å². The highest BCUT2D eigenvalue weighted by atomic mass is 16.3. The van der Waals surface area contributed by atoms with E-state index in [2.05, 4.69) is 27.4 Å². The van der Waals surface area contributed by atoms with Gasteiger partial charge in [-0.2, -0.15) is 5.10 Å². The maximum atomic E-state index is 11.8. The first-order valence-electron chi connectivity index (χ1n) is 7.35. The predicted octanol–water partition coefficient (Wildman–Crippen LogP) is 2.92. The third-order valence-electron chi connectivity index (χ3n) is 3.28. The number of aromatic nitrogens is 1. The second kappa shape index (κ2) is 7.23. The number of allylic oxidation sites excluding steroid dienone is 2. The molecule has 0 saturated heterocycles. The molecule has 1 N–H and O–H groups in total. The van der Waals surface area contributed by atoms with Gasteiger partial charge in [-0.05, 0) is 55.5 Å². The van der Waals surface area contributed by atoms with Crippen LogP contribution in [-0.2, 0) is 0 Å². The van der Waals surface area contributed by atoms with E-state index in [1.54, 1.807) is 18.3 Å². The minimum absolute atomic E-state index is 0.240. The summed E-state index contributed by atoms with van der Waals surface area (Å²) in [5.41, 5.74) is 5.04. The SMILES string of the molecule is O=C(NN=C1C=C(C#Cc2ccccn2)CCC1)c1ccco1. The van der Waals surface area contributed by atoms with Gasteiger partial charge in [-0.25, -0.2) is 10.4 Å². The van der Waals surface area contributed by atoms with Crippen molar-refractivity contribution in [2.24, 2.45) is 5.10 Å². The average molecular weight is 305 g/mol. The van der Waals surface area contributed by atoms with Crippen molar-refractivity contribution in [1.82, 2.24) is 10.4 Å². The number of hydrogen-bond acceptors (Lipinski definition) is 4. The molecule has 2 aromatic heterocycles. The largest absolute Gasteiger partial charge is 0.459 e. The van der Waals surface area contributed by atoms with Gasteiger partial charge in [-0.15, -0.1) is 0 Å². The summed E-state index contributed by atoms with van der Waals surface area (Å²) in [5, 5.41) is 4.14. The molecule has 1 aliphatic carbocycles. The summed E-state index contributed by atoms with van der Waals surface area (Å²) in [7, 11) is 0. The molecule has 0 atom stereocenters. The Morgan fingerprint density at radius 1 is 1.22 bits per heavy atom. The number of carbonyl (C=O) groups is 1. The van der Waals surface area contributed by atoms with Crippen LogP contribution in [0.1, 0.15) is 35.5 Å².